The molecule has 0 saturated carbocycles. The second-order valence-corrected chi connectivity index (χ2v) is 4.87. The molecule has 2 aromatic rings. The quantitative estimate of drug-likeness (QED) is 0.863. The average molecular weight is 307 g/mol. The number of anilines is 1. The number of halogens is 2. The first-order valence-electron chi connectivity index (χ1n) is 6.58. The van der Waals surface area contributed by atoms with Gasteiger partial charge in [0.1, 0.15) is 0 Å². The Bertz CT molecular complexity index is 693. The number of alkyl halides is 2. The van der Waals surface area contributed by atoms with E-state index in [1.54, 1.807) is 11.7 Å². The Morgan fingerprint density at radius 2 is 1.91 bits per heavy atom. The van der Waals surface area contributed by atoms with Crippen LogP contribution in [0.4, 0.5) is 14.5 Å². The van der Waals surface area contributed by atoms with E-state index in [1.807, 2.05) is 13.0 Å². The Hall–Kier alpha value is -2.57. The molecule has 22 heavy (non-hydrogen) atoms. The summed E-state index contributed by atoms with van der Waals surface area (Å²) in [5, 5.41) is 6.79. The largest absolute Gasteiger partial charge is 0.326 e. The average Bonchev–Trinajstić information content (AvgIpc) is 2.76. The van der Waals surface area contributed by atoms with Crippen LogP contribution < -0.4 is 5.32 Å². The number of hydrogen-bond donors (Lipinski definition) is 1. The standard InChI is InChI=1S/C15H15F2N3O2/c1-9-7-12(20(2)19-9)8-13(21)18-11-5-3-10(4-6-11)14(22)15(16)17/h3-7,15H,8H2,1-2H3,(H,18,21). The first kappa shape index (κ1) is 15.8. The van der Waals surface area contributed by atoms with Crippen LogP contribution in [0, 0.1) is 6.92 Å². The maximum Gasteiger partial charge on any atom is 0.300 e. The smallest absolute Gasteiger partial charge is 0.300 e. The number of hydrogen-bond acceptors (Lipinski definition) is 3. The number of nitrogens with zero attached hydrogens (tertiary/aromatic N) is 2. The van der Waals surface area contributed by atoms with Gasteiger partial charge in [0.25, 0.3) is 0 Å². The molecular weight excluding hydrogens is 292 g/mol. The fourth-order valence-electron chi connectivity index (χ4n) is 2.04. The highest BCUT2D eigenvalue weighted by Gasteiger charge is 2.17. The minimum atomic E-state index is -3.03. The number of Topliss-reactive ketones (excluding diaryl/α,β-unsaturated/α-hetero) is 1. The van der Waals surface area contributed by atoms with Crippen LogP contribution in [-0.4, -0.2) is 27.9 Å². The van der Waals surface area contributed by atoms with Gasteiger partial charge in [-0.2, -0.15) is 5.10 Å². The van der Waals surface area contributed by atoms with Crippen LogP contribution in [0.2, 0.25) is 0 Å². The lowest BCUT2D eigenvalue weighted by atomic mass is 10.1. The number of ketones is 1. The van der Waals surface area contributed by atoms with E-state index in [4.69, 9.17) is 0 Å². The van der Waals surface area contributed by atoms with Gasteiger partial charge in [-0.25, -0.2) is 8.78 Å². The van der Waals surface area contributed by atoms with E-state index < -0.39 is 12.2 Å². The van der Waals surface area contributed by atoms with Gasteiger partial charge in [-0.1, -0.05) is 0 Å². The maximum absolute atomic E-state index is 12.3. The van der Waals surface area contributed by atoms with Crippen molar-refractivity contribution in [3.05, 3.63) is 47.3 Å². The molecule has 0 atom stereocenters. The monoisotopic (exact) mass is 307 g/mol. The third-order valence-corrected chi connectivity index (χ3v) is 3.09. The SMILES string of the molecule is Cc1cc(CC(=O)Nc2ccc(C(=O)C(F)F)cc2)n(C)n1. The van der Waals surface area contributed by atoms with Gasteiger partial charge in [-0.05, 0) is 37.3 Å². The van der Waals surface area contributed by atoms with Crippen molar-refractivity contribution in [2.24, 2.45) is 7.05 Å². The molecule has 0 bridgehead atoms. The summed E-state index contributed by atoms with van der Waals surface area (Å²) in [6.07, 6.45) is -2.89. The van der Waals surface area contributed by atoms with E-state index in [9.17, 15) is 18.4 Å². The van der Waals surface area contributed by atoms with Crippen molar-refractivity contribution in [2.75, 3.05) is 5.32 Å². The van der Waals surface area contributed by atoms with Gasteiger partial charge in [-0.15, -0.1) is 0 Å². The van der Waals surface area contributed by atoms with Gasteiger partial charge in [0.2, 0.25) is 11.7 Å². The van der Waals surface area contributed by atoms with E-state index >= 15 is 0 Å². The van der Waals surface area contributed by atoms with Crippen LogP contribution in [0.1, 0.15) is 21.7 Å². The van der Waals surface area contributed by atoms with Crippen LogP contribution in [-0.2, 0) is 18.3 Å². The minimum absolute atomic E-state index is 0.0877. The summed E-state index contributed by atoms with van der Waals surface area (Å²) in [5.41, 5.74) is 1.93. The third kappa shape index (κ3) is 3.75. The number of amides is 1. The second-order valence-electron chi connectivity index (χ2n) is 4.87. The molecule has 0 spiro atoms. The Balaban J connectivity index is 2.00. The maximum atomic E-state index is 12.3. The Morgan fingerprint density at radius 3 is 2.41 bits per heavy atom. The first-order valence-corrected chi connectivity index (χ1v) is 6.58. The molecule has 1 heterocycles. The molecule has 1 aromatic carbocycles. The van der Waals surface area contributed by atoms with Crippen molar-refractivity contribution >= 4 is 17.4 Å². The van der Waals surface area contributed by atoms with Gasteiger partial charge in [0.05, 0.1) is 12.1 Å². The van der Waals surface area contributed by atoms with Crippen molar-refractivity contribution in [2.45, 2.75) is 19.8 Å². The second kappa shape index (κ2) is 6.46. The molecule has 0 saturated heterocycles. The number of nitrogens with one attached hydrogen (secondary N) is 1. The van der Waals surface area contributed by atoms with Crippen LogP contribution in [0.3, 0.4) is 0 Å². The van der Waals surface area contributed by atoms with Gasteiger partial charge in [0.15, 0.2) is 0 Å². The molecule has 1 N–H and O–H groups in total. The Labute approximate surface area is 125 Å². The van der Waals surface area contributed by atoms with Gasteiger partial charge in [-0.3, -0.25) is 14.3 Å². The fraction of sp³-hybridized carbons (Fsp3) is 0.267. The lowest BCUT2D eigenvalue weighted by Crippen LogP contribution is -2.16. The summed E-state index contributed by atoms with van der Waals surface area (Å²) in [4.78, 5) is 23.0. The summed E-state index contributed by atoms with van der Waals surface area (Å²) in [7, 11) is 1.75. The zero-order valence-corrected chi connectivity index (χ0v) is 12.1. The van der Waals surface area contributed by atoms with Crippen molar-refractivity contribution in [3.8, 4) is 0 Å². The number of carbonyl (C=O) groups excluding carboxylic acids is 2. The molecule has 0 fully saturated rings. The highest BCUT2D eigenvalue weighted by molar-refractivity contribution is 5.99. The molecular formula is C15H15F2N3O2. The molecule has 5 nitrogen and oxygen atoms in total. The lowest BCUT2D eigenvalue weighted by molar-refractivity contribution is -0.115. The summed E-state index contributed by atoms with van der Waals surface area (Å²) >= 11 is 0. The van der Waals surface area contributed by atoms with Crippen molar-refractivity contribution < 1.29 is 18.4 Å². The van der Waals surface area contributed by atoms with Crippen LogP contribution in [0.25, 0.3) is 0 Å². The van der Waals surface area contributed by atoms with E-state index in [1.165, 1.54) is 24.3 Å². The van der Waals surface area contributed by atoms with Gasteiger partial charge in [0, 0.05) is 24.0 Å². The lowest BCUT2D eigenvalue weighted by Gasteiger charge is -2.06. The number of rotatable bonds is 5. The van der Waals surface area contributed by atoms with E-state index in [0.717, 1.165) is 11.4 Å². The minimum Gasteiger partial charge on any atom is -0.326 e. The van der Waals surface area contributed by atoms with Crippen molar-refractivity contribution in [3.63, 3.8) is 0 Å². The normalized spacial score (nSPS) is 10.8. The summed E-state index contributed by atoms with van der Waals surface area (Å²) in [6.45, 7) is 1.83. The van der Waals surface area contributed by atoms with Crippen LogP contribution in [0.15, 0.2) is 30.3 Å². The molecule has 0 aliphatic carbocycles. The Morgan fingerprint density at radius 1 is 1.27 bits per heavy atom. The third-order valence-electron chi connectivity index (χ3n) is 3.09. The molecule has 2 rings (SSSR count). The predicted octanol–water partition coefficient (Wildman–Crippen LogP) is 2.36. The number of aromatic nitrogens is 2. The Kier molecular flexibility index (Phi) is 4.65. The van der Waals surface area contributed by atoms with Crippen molar-refractivity contribution in [1.29, 1.82) is 0 Å². The highest BCUT2D eigenvalue weighted by Crippen LogP contribution is 2.13. The summed E-state index contributed by atoms with van der Waals surface area (Å²) in [5.74, 6) is -1.49. The summed E-state index contributed by atoms with van der Waals surface area (Å²) in [6, 6.07) is 7.17. The van der Waals surface area contributed by atoms with Crippen LogP contribution >= 0.6 is 0 Å². The molecule has 0 radical (unpaired) electrons. The van der Waals surface area contributed by atoms with Crippen LogP contribution in [0.5, 0.6) is 0 Å². The van der Waals surface area contributed by atoms with E-state index in [0.29, 0.717) is 5.69 Å². The number of carbonyl (C=O) groups is 2. The fourth-order valence-corrected chi connectivity index (χ4v) is 2.04. The molecule has 1 amide bonds. The predicted molar refractivity (Wildman–Crippen MR) is 77.1 cm³/mol. The number of aryl methyl sites for hydroxylation is 2. The zero-order chi connectivity index (χ0) is 16.3. The van der Waals surface area contributed by atoms with E-state index in [2.05, 4.69) is 10.4 Å². The molecule has 0 aliphatic rings. The highest BCUT2D eigenvalue weighted by atomic mass is 19.3. The first-order chi connectivity index (χ1) is 10.4. The topological polar surface area (TPSA) is 64.0 Å². The van der Waals surface area contributed by atoms with E-state index in [-0.39, 0.29) is 17.9 Å². The van der Waals surface area contributed by atoms with Gasteiger partial charge < -0.3 is 5.32 Å². The zero-order valence-electron chi connectivity index (χ0n) is 12.1. The molecule has 0 aliphatic heterocycles. The molecule has 1 aromatic heterocycles. The molecule has 7 heteroatoms. The molecule has 0 unspecified atom stereocenters. The summed E-state index contributed by atoms with van der Waals surface area (Å²) < 4.78 is 26.2. The number of benzene rings is 1. The molecule has 116 valence electrons. The van der Waals surface area contributed by atoms with Gasteiger partial charge >= 0.3 is 6.43 Å². The van der Waals surface area contributed by atoms with Crippen molar-refractivity contribution in [1.82, 2.24) is 9.78 Å².